The molecule has 1 N–H and O–H groups in total. The lowest BCUT2D eigenvalue weighted by Gasteiger charge is -2.13. The van der Waals surface area contributed by atoms with Crippen molar-refractivity contribution < 1.29 is 9.84 Å². The highest BCUT2D eigenvalue weighted by atomic mass is 32.2. The minimum atomic E-state index is -0.591. The summed E-state index contributed by atoms with van der Waals surface area (Å²) in [5.74, 6) is 2.07. The molecule has 1 aromatic heterocycles. The highest BCUT2D eigenvalue weighted by Crippen LogP contribution is 2.22. The summed E-state index contributed by atoms with van der Waals surface area (Å²) in [6.07, 6.45) is -0.591. The van der Waals surface area contributed by atoms with E-state index in [1.165, 1.54) is 11.8 Å². The molecule has 0 aliphatic carbocycles. The molecule has 0 radical (unpaired) electrons. The topological polar surface area (TPSA) is 60.2 Å². The zero-order valence-electron chi connectivity index (χ0n) is 14.3. The first kappa shape index (κ1) is 17.5. The third-order valence-corrected chi connectivity index (χ3v) is 4.72. The standard InChI is InChI=1S/C19H21N3O2S/c1-14-7-6-10-18(11-14)24-12-17(23)13-25-19-21-20-15(2)22(19)16-8-4-3-5-9-16/h3-11,17,23H,12-13H2,1-2H3. The van der Waals surface area contributed by atoms with Crippen LogP contribution in [0.15, 0.2) is 59.8 Å². The van der Waals surface area contributed by atoms with Gasteiger partial charge in [-0.15, -0.1) is 10.2 Å². The van der Waals surface area contributed by atoms with Crippen molar-refractivity contribution >= 4 is 11.8 Å². The van der Waals surface area contributed by atoms with Crippen molar-refractivity contribution in [2.24, 2.45) is 0 Å². The molecule has 0 saturated carbocycles. The van der Waals surface area contributed by atoms with Crippen LogP contribution in [-0.4, -0.2) is 38.3 Å². The highest BCUT2D eigenvalue weighted by molar-refractivity contribution is 7.99. The zero-order chi connectivity index (χ0) is 17.6. The van der Waals surface area contributed by atoms with Gasteiger partial charge in [0.2, 0.25) is 0 Å². The molecular weight excluding hydrogens is 334 g/mol. The Morgan fingerprint density at radius 1 is 1.08 bits per heavy atom. The monoisotopic (exact) mass is 355 g/mol. The van der Waals surface area contributed by atoms with E-state index in [0.717, 1.165) is 28.0 Å². The smallest absolute Gasteiger partial charge is 0.195 e. The van der Waals surface area contributed by atoms with Gasteiger partial charge >= 0.3 is 0 Å². The fraction of sp³-hybridized carbons (Fsp3) is 0.263. The quantitative estimate of drug-likeness (QED) is 0.658. The molecule has 2 aromatic carbocycles. The third-order valence-electron chi connectivity index (χ3n) is 3.65. The minimum absolute atomic E-state index is 0.245. The van der Waals surface area contributed by atoms with Crippen molar-refractivity contribution in [2.45, 2.75) is 25.1 Å². The molecule has 130 valence electrons. The second-order valence-corrected chi connectivity index (χ2v) is 6.78. The fourth-order valence-electron chi connectivity index (χ4n) is 2.43. The molecule has 1 atom stereocenters. The maximum Gasteiger partial charge on any atom is 0.195 e. The van der Waals surface area contributed by atoms with Crippen molar-refractivity contribution in [3.63, 3.8) is 0 Å². The lowest BCUT2D eigenvalue weighted by Crippen LogP contribution is -2.20. The first-order chi connectivity index (χ1) is 12.1. The molecule has 25 heavy (non-hydrogen) atoms. The van der Waals surface area contributed by atoms with Crippen LogP contribution in [0.3, 0.4) is 0 Å². The molecule has 1 unspecified atom stereocenters. The highest BCUT2D eigenvalue weighted by Gasteiger charge is 2.14. The van der Waals surface area contributed by atoms with Crippen molar-refractivity contribution in [2.75, 3.05) is 12.4 Å². The number of aliphatic hydroxyl groups is 1. The lowest BCUT2D eigenvalue weighted by atomic mass is 10.2. The van der Waals surface area contributed by atoms with Gasteiger partial charge in [0.25, 0.3) is 0 Å². The molecule has 3 rings (SSSR count). The first-order valence-corrected chi connectivity index (χ1v) is 9.10. The first-order valence-electron chi connectivity index (χ1n) is 8.11. The number of aromatic nitrogens is 3. The van der Waals surface area contributed by atoms with E-state index in [2.05, 4.69) is 10.2 Å². The third kappa shape index (κ3) is 4.61. The molecule has 1 heterocycles. The van der Waals surface area contributed by atoms with E-state index in [1.54, 1.807) is 0 Å². The summed E-state index contributed by atoms with van der Waals surface area (Å²) >= 11 is 1.47. The van der Waals surface area contributed by atoms with E-state index in [0.29, 0.717) is 5.75 Å². The van der Waals surface area contributed by atoms with Crippen LogP contribution in [-0.2, 0) is 0 Å². The van der Waals surface area contributed by atoms with Gasteiger partial charge in [0.05, 0.1) is 6.10 Å². The van der Waals surface area contributed by atoms with E-state index in [9.17, 15) is 5.11 Å². The normalized spacial score (nSPS) is 12.1. The van der Waals surface area contributed by atoms with Gasteiger partial charge in [-0.3, -0.25) is 4.57 Å². The van der Waals surface area contributed by atoms with E-state index in [-0.39, 0.29) is 6.61 Å². The van der Waals surface area contributed by atoms with Crippen LogP contribution in [0, 0.1) is 13.8 Å². The zero-order valence-corrected chi connectivity index (χ0v) is 15.1. The molecule has 5 nitrogen and oxygen atoms in total. The SMILES string of the molecule is Cc1cccc(OCC(O)CSc2nnc(C)n2-c2ccccc2)c1. The molecular formula is C19H21N3O2S. The van der Waals surface area contributed by atoms with Gasteiger partial charge in [-0.25, -0.2) is 0 Å². The molecule has 0 aliphatic rings. The summed E-state index contributed by atoms with van der Waals surface area (Å²) in [6, 6.07) is 17.8. The Labute approximate surface area is 151 Å². The molecule has 0 spiro atoms. The van der Waals surface area contributed by atoms with Crippen LogP contribution in [0.5, 0.6) is 5.75 Å². The Hall–Kier alpha value is -2.31. The Balaban J connectivity index is 1.59. The van der Waals surface area contributed by atoms with Crippen molar-refractivity contribution in [1.82, 2.24) is 14.8 Å². The molecule has 6 heteroatoms. The number of hydrogen-bond donors (Lipinski definition) is 1. The second kappa shape index (κ2) is 8.18. The van der Waals surface area contributed by atoms with Crippen molar-refractivity contribution in [1.29, 1.82) is 0 Å². The number of hydrogen-bond acceptors (Lipinski definition) is 5. The van der Waals surface area contributed by atoms with Gasteiger partial charge in [-0.05, 0) is 43.7 Å². The number of ether oxygens (including phenoxy) is 1. The summed E-state index contributed by atoms with van der Waals surface area (Å²) in [7, 11) is 0. The maximum atomic E-state index is 10.2. The van der Waals surface area contributed by atoms with E-state index < -0.39 is 6.10 Å². The average Bonchev–Trinajstić information content (AvgIpc) is 2.99. The Morgan fingerprint density at radius 2 is 1.88 bits per heavy atom. The van der Waals surface area contributed by atoms with Gasteiger partial charge in [0, 0.05) is 11.4 Å². The van der Waals surface area contributed by atoms with Crippen molar-refractivity contribution in [3.8, 4) is 11.4 Å². The van der Waals surface area contributed by atoms with E-state index >= 15 is 0 Å². The summed E-state index contributed by atoms with van der Waals surface area (Å²) in [6.45, 7) is 4.17. The van der Waals surface area contributed by atoms with E-state index in [4.69, 9.17) is 4.74 Å². The van der Waals surface area contributed by atoms with Gasteiger partial charge < -0.3 is 9.84 Å². The van der Waals surface area contributed by atoms with Crippen LogP contribution >= 0.6 is 11.8 Å². The van der Waals surface area contributed by atoms with Crippen LogP contribution in [0.4, 0.5) is 0 Å². The largest absolute Gasteiger partial charge is 0.491 e. The van der Waals surface area contributed by atoms with Crippen LogP contribution in [0.1, 0.15) is 11.4 Å². The predicted molar refractivity (Wildman–Crippen MR) is 99.5 cm³/mol. The molecule has 0 bridgehead atoms. The lowest BCUT2D eigenvalue weighted by molar-refractivity contribution is 0.126. The Bertz CT molecular complexity index is 821. The second-order valence-electron chi connectivity index (χ2n) is 5.79. The minimum Gasteiger partial charge on any atom is -0.491 e. The molecule has 0 fully saturated rings. The molecule has 0 amide bonds. The summed E-state index contributed by atoms with van der Waals surface area (Å²) in [5, 5.41) is 19.3. The molecule has 0 saturated heterocycles. The number of thioether (sulfide) groups is 1. The number of aryl methyl sites for hydroxylation is 2. The van der Waals surface area contributed by atoms with E-state index in [1.807, 2.05) is 73.0 Å². The summed E-state index contributed by atoms with van der Waals surface area (Å²) in [4.78, 5) is 0. The Morgan fingerprint density at radius 3 is 2.64 bits per heavy atom. The average molecular weight is 355 g/mol. The van der Waals surface area contributed by atoms with Crippen LogP contribution in [0.25, 0.3) is 5.69 Å². The predicted octanol–water partition coefficient (Wildman–Crippen LogP) is 3.42. The van der Waals surface area contributed by atoms with Gasteiger partial charge in [0.15, 0.2) is 5.16 Å². The molecule has 3 aromatic rings. The maximum absolute atomic E-state index is 10.2. The van der Waals surface area contributed by atoms with Crippen LogP contribution < -0.4 is 4.74 Å². The van der Waals surface area contributed by atoms with Crippen LogP contribution in [0.2, 0.25) is 0 Å². The number of nitrogens with zero attached hydrogens (tertiary/aromatic N) is 3. The number of aliphatic hydroxyl groups excluding tert-OH is 1. The van der Waals surface area contributed by atoms with Gasteiger partial charge in [-0.2, -0.15) is 0 Å². The van der Waals surface area contributed by atoms with Crippen molar-refractivity contribution in [3.05, 3.63) is 66.0 Å². The fourth-order valence-corrected chi connectivity index (χ4v) is 3.33. The summed E-state index contributed by atoms with van der Waals surface area (Å²) in [5.41, 5.74) is 2.14. The number of para-hydroxylation sites is 1. The molecule has 0 aliphatic heterocycles. The van der Waals surface area contributed by atoms with Gasteiger partial charge in [-0.1, -0.05) is 42.1 Å². The number of benzene rings is 2. The Kier molecular flexibility index (Phi) is 5.73. The number of rotatable bonds is 7. The summed E-state index contributed by atoms with van der Waals surface area (Å²) < 4.78 is 7.64. The van der Waals surface area contributed by atoms with Gasteiger partial charge in [0.1, 0.15) is 18.2 Å².